The number of rotatable bonds is 6. The maximum absolute atomic E-state index is 12.2. The van der Waals surface area contributed by atoms with Crippen LogP contribution >= 0.6 is 23.4 Å². The zero-order valence-electron chi connectivity index (χ0n) is 14.4. The molecule has 2 aromatic carbocycles. The van der Waals surface area contributed by atoms with Crippen LogP contribution in [0.5, 0.6) is 0 Å². The lowest BCUT2D eigenvalue weighted by atomic mass is 10.1. The van der Waals surface area contributed by atoms with Crippen molar-refractivity contribution in [3.63, 3.8) is 0 Å². The van der Waals surface area contributed by atoms with E-state index in [1.54, 1.807) is 6.07 Å². The lowest BCUT2D eigenvalue weighted by molar-refractivity contribution is -0.119. The van der Waals surface area contributed by atoms with Gasteiger partial charge in [0.05, 0.1) is 11.8 Å². The molecule has 1 atom stereocenters. The largest absolute Gasteiger partial charge is 0.411 e. The highest BCUT2D eigenvalue weighted by Crippen LogP contribution is 2.24. The SMILES string of the molecule is Cc1ccc(-c2nnc(SCC(=O)N[C@H](C)c3ccccc3Cl)o2)cc1. The molecule has 0 aliphatic carbocycles. The summed E-state index contributed by atoms with van der Waals surface area (Å²) in [5.41, 5.74) is 2.89. The molecule has 1 aromatic heterocycles. The van der Waals surface area contributed by atoms with E-state index in [9.17, 15) is 4.79 Å². The van der Waals surface area contributed by atoms with Crippen molar-refractivity contribution in [1.82, 2.24) is 15.5 Å². The Morgan fingerprint density at radius 2 is 1.92 bits per heavy atom. The van der Waals surface area contributed by atoms with Crippen molar-refractivity contribution in [1.29, 1.82) is 0 Å². The quantitative estimate of drug-likeness (QED) is 0.622. The number of carbonyl (C=O) groups is 1. The summed E-state index contributed by atoms with van der Waals surface area (Å²) in [6, 6.07) is 15.1. The van der Waals surface area contributed by atoms with Gasteiger partial charge < -0.3 is 9.73 Å². The van der Waals surface area contributed by atoms with Crippen LogP contribution < -0.4 is 5.32 Å². The van der Waals surface area contributed by atoms with Crippen LogP contribution in [0.4, 0.5) is 0 Å². The molecule has 3 aromatic rings. The second kappa shape index (κ2) is 8.38. The Kier molecular flexibility index (Phi) is 5.96. The Morgan fingerprint density at radius 3 is 2.65 bits per heavy atom. The van der Waals surface area contributed by atoms with E-state index in [1.165, 1.54) is 11.8 Å². The molecule has 134 valence electrons. The van der Waals surface area contributed by atoms with Crippen molar-refractivity contribution in [3.05, 3.63) is 64.7 Å². The molecule has 0 spiro atoms. The third kappa shape index (κ3) is 4.65. The molecule has 0 saturated heterocycles. The van der Waals surface area contributed by atoms with E-state index >= 15 is 0 Å². The van der Waals surface area contributed by atoms with Gasteiger partial charge in [0.2, 0.25) is 11.8 Å². The first-order valence-corrected chi connectivity index (χ1v) is 9.46. The monoisotopic (exact) mass is 387 g/mol. The maximum atomic E-state index is 12.2. The Hall–Kier alpha value is -2.31. The molecule has 0 aliphatic rings. The van der Waals surface area contributed by atoms with Crippen LogP contribution in [0.3, 0.4) is 0 Å². The van der Waals surface area contributed by atoms with E-state index in [1.807, 2.05) is 56.3 Å². The number of aromatic nitrogens is 2. The number of hydrogen-bond acceptors (Lipinski definition) is 5. The minimum Gasteiger partial charge on any atom is -0.411 e. The smallest absolute Gasteiger partial charge is 0.277 e. The van der Waals surface area contributed by atoms with E-state index in [-0.39, 0.29) is 17.7 Å². The number of nitrogens with one attached hydrogen (secondary N) is 1. The van der Waals surface area contributed by atoms with Gasteiger partial charge in [-0.3, -0.25) is 4.79 Å². The van der Waals surface area contributed by atoms with Crippen molar-refractivity contribution in [3.8, 4) is 11.5 Å². The third-order valence-corrected chi connectivity index (χ3v) is 4.94. The molecule has 0 fully saturated rings. The van der Waals surface area contributed by atoms with Crippen molar-refractivity contribution < 1.29 is 9.21 Å². The van der Waals surface area contributed by atoms with Crippen molar-refractivity contribution in [2.24, 2.45) is 0 Å². The molecule has 1 heterocycles. The summed E-state index contributed by atoms with van der Waals surface area (Å²) in [5, 5.41) is 11.9. The van der Waals surface area contributed by atoms with Crippen molar-refractivity contribution in [2.75, 3.05) is 5.75 Å². The van der Waals surface area contributed by atoms with Gasteiger partial charge in [0.25, 0.3) is 5.22 Å². The minimum absolute atomic E-state index is 0.127. The maximum Gasteiger partial charge on any atom is 0.277 e. The topological polar surface area (TPSA) is 68.0 Å². The van der Waals surface area contributed by atoms with E-state index in [0.717, 1.165) is 16.7 Å². The number of thioether (sulfide) groups is 1. The molecule has 0 saturated carbocycles. The first kappa shape index (κ1) is 18.5. The Balaban J connectivity index is 1.55. The molecule has 1 N–H and O–H groups in total. The van der Waals surface area contributed by atoms with Crippen LogP contribution in [-0.2, 0) is 4.79 Å². The number of hydrogen-bond donors (Lipinski definition) is 1. The van der Waals surface area contributed by atoms with Gasteiger partial charge in [-0.1, -0.05) is 59.3 Å². The Labute approximate surface area is 161 Å². The van der Waals surface area contributed by atoms with Gasteiger partial charge >= 0.3 is 0 Å². The molecule has 0 radical (unpaired) electrons. The van der Waals surface area contributed by atoms with Crippen LogP contribution in [0, 0.1) is 6.92 Å². The highest BCUT2D eigenvalue weighted by atomic mass is 35.5. The zero-order valence-corrected chi connectivity index (χ0v) is 16.0. The second-order valence-corrected chi connectivity index (χ2v) is 7.17. The normalized spacial score (nSPS) is 12.0. The summed E-state index contributed by atoms with van der Waals surface area (Å²) in [5.74, 6) is 0.500. The van der Waals surface area contributed by atoms with Crippen LogP contribution in [-0.4, -0.2) is 21.9 Å². The van der Waals surface area contributed by atoms with Crippen LogP contribution in [0.15, 0.2) is 58.2 Å². The predicted octanol–water partition coefficient (Wildman–Crippen LogP) is 4.67. The number of halogens is 1. The van der Waals surface area contributed by atoms with Crippen LogP contribution in [0.2, 0.25) is 5.02 Å². The minimum atomic E-state index is -0.178. The van der Waals surface area contributed by atoms with Gasteiger partial charge in [-0.15, -0.1) is 10.2 Å². The van der Waals surface area contributed by atoms with E-state index in [2.05, 4.69) is 15.5 Å². The second-order valence-electron chi connectivity index (χ2n) is 5.84. The summed E-state index contributed by atoms with van der Waals surface area (Å²) in [6.07, 6.45) is 0. The number of nitrogens with zero attached hydrogens (tertiary/aromatic N) is 2. The fourth-order valence-corrected chi connectivity index (χ4v) is 3.27. The van der Waals surface area contributed by atoms with Gasteiger partial charge in [-0.05, 0) is 37.6 Å². The highest BCUT2D eigenvalue weighted by Gasteiger charge is 2.14. The zero-order chi connectivity index (χ0) is 18.5. The molecule has 1 amide bonds. The van der Waals surface area contributed by atoms with Crippen LogP contribution in [0.25, 0.3) is 11.5 Å². The van der Waals surface area contributed by atoms with E-state index < -0.39 is 0 Å². The average molecular weight is 388 g/mol. The molecule has 26 heavy (non-hydrogen) atoms. The molecule has 7 heteroatoms. The molecular weight excluding hydrogens is 370 g/mol. The highest BCUT2D eigenvalue weighted by molar-refractivity contribution is 7.99. The molecule has 5 nitrogen and oxygen atoms in total. The van der Waals surface area contributed by atoms with E-state index in [0.29, 0.717) is 16.1 Å². The third-order valence-electron chi connectivity index (χ3n) is 3.78. The number of carbonyl (C=O) groups excluding carboxylic acids is 1. The van der Waals surface area contributed by atoms with Gasteiger partial charge in [-0.25, -0.2) is 0 Å². The fourth-order valence-electron chi connectivity index (χ4n) is 2.40. The summed E-state index contributed by atoms with van der Waals surface area (Å²) in [4.78, 5) is 12.2. The molecule has 0 bridgehead atoms. The Bertz CT molecular complexity index is 896. The average Bonchev–Trinajstić information content (AvgIpc) is 3.10. The van der Waals surface area contributed by atoms with Gasteiger partial charge in [0.1, 0.15) is 0 Å². The van der Waals surface area contributed by atoms with Gasteiger partial charge in [0, 0.05) is 10.6 Å². The molecule has 3 rings (SSSR count). The summed E-state index contributed by atoms with van der Waals surface area (Å²) in [6.45, 7) is 3.91. The fraction of sp³-hybridized carbons (Fsp3) is 0.211. The van der Waals surface area contributed by atoms with Crippen molar-refractivity contribution in [2.45, 2.75) is 25.1 Å². The Morgan fingerprint density at radius 1 is 1.19 bits per heavy atom. The number of benzene rings is 2. The lowest BCUT2D eigenvalue weighted by Gasteiger charge is -2.15. The first-order valence-electron chi connectivity index (χ1n) is 8.10. The molecule has 0 unspecified atom stereocenters. The standard InChI is InChI=1S/C19H18ClN3O2S/c1-12-7-9-14(10-8-12)18-22-23-19(25-18)26-11-17(24)21-13(2)15-5-3-4-6-16(15)20/h3-10,13H,11H2,1-2H3,(H,21,24)/t13-/m1/s1. The van der Waals surface area contributed by atoms with Gasteiger partial charge in [0.15, 0.2) is 0 Å². The summed E-state index contributed by atoms with van der Waals surface area (Å²) >= 11 is 7.36. The lowest BCUT2D eigenvalue weighted by Crippen LogP contribution is -2.28. The van der Waals surface area contributed by atoms with Gasteiger partial charge in [-0.2, -0.15) is 0 Å². The van der Waals surface area contributed by atoms with Crippen LogP contribution in [0.1, 0.15) is 24.1 Å². The number of aryl methyl sites for hydroxylation is 1. The van der Waals surface area contributed by atoms with Crippen molar-refractivity contribution >= 4 is 29.3 Å². The number of amides is 1. The summed E-state index contributed by atoms with van der Waals surface area (Å²) in [7, 11) is 0. The molecule has 0 aliphatic heterocycles. The first-order chi connectivity index (χ1) is 12.5. The summed E-state index contributed by atoms with van der Waals surface area (Å²) < 4.78 is 5.61. The molecular formula is C19H18ClN3O2S. The van der Waals surface area contributed by atoms with E-state index in [4.69, 9.17) is 16.0 Å². The predicted molar refractivity (Wildman–Crippen MR) is 103 cm³/mol.